The summed E-state index contributed by atoms with van der Waals surface area (Å²) in [4.78, 5) is 12.7. The van der Waals surface area contributed by atoms with E-state index in [-0.39, 0.29) is 5.91 Å². The average Bonchev–Trinajstić information content (AvgIpc) is 2.45. The van der Waals surface area contributed by atoms with Crippen LogP contribution in [0.3, 0.4) is 0 Å². The minimum absolute atomic E-state index is 0.323. The van der Waals surface area contributed by atoms with Gasteiger partial charge in [-0.25, -0.2) is 8.42 Å². The smallest absolute Gasteiger partial charge is 0.241 e. The molecule has 1 aromatic carbocycles. The highest BCUT2D eigenvalue weighted by Gasteiger charge is 2.48. The summed E-state index contributed by atoms with van der Waals surface area (Å²) in [5, 5.41) is 5.99. The van der Waals surface area contributed by atoms with Gasteiger partial charge in [0.25, 0.3) is 0 Å². The number of aryl methyl sites for hydroxylation is 3. The average molecular weight is 338 g/mol. The highest BCUT2D eigenvalue weighted by atomic mass is 32.2. The number of benzene rings is 1. The zero-order valence-electron chi connectivity index (χ0n) is 14.3. The van der Waals surface area contributed by atoms with E-state index in [1.54, 1.807) is 0 Å². The Balaban J connectivity index is 2.21. The number of nitrogens with one attached hydrogen (secondary N) is 2. The summed E-state index contributed by atoms with van der Waals surface area (Å²) in [5.74, 6) is -0.374. The quantitative estimate of drug-likeness (QED) is 0.870. The Morgan fingerprint density at radius 1 is 1.17 bits per heavy atom. The number of amides is 1. The van der Waals surface area contributed by atoms with Crippen LogP contribution in [-0.2, 0) is 21.2 Å². The predicted molar refractivity (Wildman–Crippen MR) is 92.2 cm³/mol. The van der Waals surface area contributed by atoms with Crippen molar-refractivity contribution in [2.45, 2.75) is 44.9 Å². The summed E-state index contributed by atoms with van der Waals surface area (Å²) in [6.45, 7) is 7.51. The highest BCUT2D eigenvalue weighted by Crippen LogP contribution is 2.28. The number of carbonyl (C=O) groups is 1. The third kappa shape index (κ3) is 3.58. The van der Waals surface area contributed by atoms with Gasteiger partial charge < -0.3 is 10.6 Å². The fraction of sp³-hybridized carbons (Fsp3) is 0.588. The summed E-state index contributed by atoms with van der Waals surface area (Å²) in [7, 11) is -3.47. The Labute approximate surface area is 138 Å². The first-order chi connectivity index (χ1) is 10.7. The Bertz CT molecular complexity index is 682. The van der Waals surface area contributed by atoms with Gasteiger partial charge in [-0.1, -0.05) is 17.7 Å². The molecule has 2 N–H and O–H groups in total. The van der Waals surface area contributed by atoms with Crippen LogP contribution in [0.1, 0.15) is 35.1 Å². The van der Waals surface area contributed by atoms with Gasteiger partial charge in [-0.15, -0.1) is 0 Å². The molecule has 1 saturated heterocycles. The molecule has 0 bridgehead atoms. The maximum atomic E-state index is 12.7. The Hall–Kier alpha value is -1.40. The summed E-state index contributed by atoms with van der Waals surface area (Å²) in [5.41, 5.74) is 4.46. The van der Waals surface area contributed by atoms with E-state index in [1.807, 2.05) is 20.8 Å². The van der Waals surface area contributed by atoms with Gasteiger partial charge in [0.05, 0.1) is 0 Å². The van der Waals surface area contributed by atoms with Gasteiger partial charge in [-0.05, 0) is 63.4 Å². The van der Waals surface area contributed by atoms with Crippen molar-refractivity contribution in [2.75, 3.05) is 19.3 Å². The van der Waals surface area contributed by atoms with Gasteiger partial charge >= 0.3 is 0 Å². The van der Waals surface area contributed by atoms with E-state index < -0.39 is 14.6 Å². The first-order valence-corrected chi connectivity index (χ1v) is 9.82. The molecule has 23 heavy (non-hydrogen) atoms. The van der Waals surface area contributed by atoms with E-state index in [0.717, 1.165) is 16.7 Å². The topological polar surface area (TPSA) is 75.3 Å². The largest absolute Gasteiger partial charge is 0.351 e. The second kappa shape index (κ2) is 6.61. The van der Waals surface area contributed by atoms with Crippen molar-refractivity contribution in [3.05, 3.63) is 34.4 Å². The van der Waals surface area contributed by atoms with Crippen molar-refractivity contribution in [1.82, 2.24) is 10.6 Å². The standard InChI is InChI=1S/C17H26N2O3S/c1-12-9-13(2)15(14(3)10-12)11-19-16(20)17(23(4,21)22)5-7-18-8-6-17/h9-10,18H,5-8,11H2,1-4H3,(H,19,20). The number of sulfone groups is 1. The van der Waals surface area contributed by atoms with Crippen LogP contribution in [0.5, 0.6) is 0 Å². The van der Waals surface area contributed by atoms with Crippen LogP contribution in [0, 0.1) is 20.8 Å². The Kier molecular flexibility index (Phi) is 5.16. The second-order valence-electron chi connectivity index (χ2n) is 6.58. The van der Waals surface area contributed by atoms with Crippen LogP contribution < -0.4 is 10.6 Å². The minimum Gasteiger partial charge on any atom is -0.351 e. The minimum atomic E-state index is -3.47. The van der Waals surface area contributed by atoms with E-state index >= 15 is 0 Å². The summed E-state index contributed by atoms with van der Waals surface area (Å²) >= 11 is 0. The highest BCUT2D eigenvalue weighted by molar-refractivity contribution is 7.92. The number of rotatable bonds is 4. The molecule has 0 aromatic heterocycles. The molecule has 5 nitrogen and oxygen atoms in total. The summed E-state index contributed by atoms with van der Waals surface area (Å²) < 4.78 is 23.2. The first-order valence-electron chi connectivity index (χ1n) is 7.93. The fourth-order valence-electron chi connectivity index (χ4n) is 3.42. The zero-order valence-corrected chi connectivity index (χ0v) is 15.1. The maximum absolute atomic E-state index is 12.7. The molecule has 6 heteroatoms. The van der Waals surface area contributed by atoms with Gasteiger partial charge in [-0.2, -0.15) is 0 Å². The molecule has 128 valence electrons. The number of piperidine rings is 1. The number of carbonyl (C=O) groups excluding carboxylic acids is 1. The zero-order chi connectivity index (χ0) is 17.3. The van der Waals surface area contributed by atoms with Crippen LogP contribution in [0.15, 0.2) is 12.1 Å². The van der Waals surface area contributed by atoms with Gasteiger partial charge in [0, 0.05) is 12.8 Å². The molecule has 1 aliphatic heterocycles. The van der Waals surface area contributed by atoms with Gasteiger partial charge in [0.2, 0.25) is 5.91 Å². The normalized spacial score (nSPS) is 17.7. The van der Waals surface area contributed by atoms with E-state index in [4.69, 9.17) is 0 Å². The van der Waals surface area contributed by atoms with Crippen LogP contribution in [0.2, 0.25) is 0 Å². The molecule has 0 spiro atoms. The SMILES string of the molecule is Cc1cc(C)c(CNC(=O)C2(S(C)(=O)=O)CCNCC2)c(C)c1. The molecule has 1 heterocycles. The van der Waals surface area contributed by atoms with Crippen molar-refractivity contribution in [3.63, 3.8) is 0 Å². The Morgan fingerprint density at radius 2 is 1.70 bits per heavy atom. The van der Waals surface area contributed by atoms with Crippen molar-refractivity contribution in [3.8, 4) is 0 Å². The molecule has 0 aliphatic carbocycles. The summed E-state index contributed by atoms with van der Waals surface area (Å²) in [6.07, 6.45) is 1.81. The van der Waals surface area contributed by atoms with Crippen LogP contribution in [0.4, 0.5) is 0 Å². The molecular formula is C17H26N2O3S. The van der Waals surface area contributed by atoms with Crippen molar-refractivity contribution < 1.29 is 13.2 Å². The molecule has 0 unspecified atom stereocenters. The third-order valence-corrected chi connectivity index (χ3v) is 6.81. The Morgan fingerprint density at radius 3 is 2.17 bits per heavy atom. The lowest BCUT2D eigenvalue weighted by molar-refractivity contribution is -0.124. The lowest BCUT2D eigenvalue weighted by Crippen LogP contribution is -2.57. The second-order valence-corrected chi connectivity index (χ2v) is 8.90. The maximum Gasteiger partial charge on any atom is 0.241 e. The van der Waals surface area contributed by atoms with Gasteiger partial charge in [0.15, 0.2) is 14.6 Å². The van der Waals surface area contributed by atoms with Crippen LogP contribution in [-0.4, -0.2) is 38.4 Å². The molecular weight excluding hydrogens is 312 g/mol. The number of hydrogen-bond acceptors (Lipinski definition) is 4. The fourth-order valence-corrected chi connectivity index (χ4v) is 4.77. The van der Waals surface area contributed by atoms with Crippen molar-refractivity contribution in [2.24, 2.45) is 0 Å². The molecule has 0 atom stereocenters. The first kappa shape index (κ1) is 17.9. The summed E-state index contributed by atoms with van der Waals surface area (Å²) in [6, 6.07) is 4.15. The van der Waals surface area contributed by atoms with E-state index in [0.29, 0.717) is 32.5 Å². The molecule has 1 aromatic rings. The third-order valence-electron chi connectivity index (χ3n) is 4.80. The van der Waals surface area contributed by atoms with Gasteiger partial charge in [0.1, 0.15) is 0 Å². The lowest BCUT2D eigenvalue weighted by atomic mass is 9.95. The molecule has 2 rings (SSSR count). The van der Waals surface area contributed by atoms with E-state index in [1.165, 1.54) is 11.8 Å². The molecule has 0 saturated carbocycles. The van der Waals surface area contributed by atoms with E-state index in [2.05, 4.69) is 22.8 Å². The van der Waals surface area contributed by atoms with Gasteiger partial charge in [-0.3, -0.25) is 4.79 Å². The molecule has 1 fully saturated rings. The van der Waals surface area contributed by atoms with Crippen LogP contribution >= 0.6 is 0 Å². The monoisotopic (exact) mass is 338 g/mol. The number of hydrogen-bond donors (Lipinski definition) is 2. The predicted octanol–water partition coefficient (Wildman–Crippen LogP) is 1.39. The molecule has 1 amide bonds. The lowest BCUT2D eigenvalue weighted by Gasteiger charge is -2.34. The van der Waals surface area contributed by atoms with Crippen LogP contribution in [0.25, 0.3) is 0 Å². The molecule has 1 aliphatic rings. The van der Waals surface area contributed by atoms with Crippen molar-refractivity contribution in [1.29, 1.82) is 0 Å². The molecule has 0 radical (unpaired) electrons. The van der Waals surface area contributed by atoms with E-state index in [9.17, 15) is 13.2 Å². The van der Waals surface area contributed by atoms with Crippen molar-refractivity contribution >= 4 is 15.7 Å².